The smallest absolute Gasteiger partial charge is 0.223 e. The molecule has 0 spiro atoms. The van der Waals surface area contributed by atoms with E-state index in [4.69, 9.17) is 4.74 Å². The van der Waals surface area contributed by atoms with Gasteiger partial charge in [-0.15, -0.1) is 0 Å². The Morgan fingerprint density at radius 1 is 1.29 bits per heavy atom. The summed E-state index contributed by atoms with van der Waals surface area (Å²) in [6.07, 6.45) is 2.70. The topological polar surface area (TPSA) is 66.9 Å². The third-order valence-corrected chi connectivity index (χ3v) is 4.33. The minimum Gasteiger partial charge on any atom is -0.497 e. The molecule has 2 amide bonds. The molecule has 130 valence electrons. The molecule has 0 bridgehead atoms. The van der Waals surface area contributed by atoms with Crippen LogP contribution in [0.3, 0.4) is 0 Å². The summed E-state index contributed by atoms with van der Waals surface area (Å²) < 4.78 is 5.11. The highest BCUT2D eigenvalue weighted by molar-refractivity contribution is 5.85. The van der Waals surface area contributed by atoms with E-state index in [1.165, 1.54) is 0 Å². The highest BCUT2D eigenvalue weighted by Gasteiger charge is 2.28. The summed E-state index contributed by atoms with van der Waals surface area (Å²) >= 11 is 0. The lowest BCUT2D eigenvalue weighted by Gasteiger charge is -2.21. The van der Waals surface area contributed by atoms with E-state index in [9.17, 15) is 14.4 Å². The van der Waals surface area contributed by atoms with Crippen molar-refractivity contribution in [2.45, 2.75) is 38.3 Å². The molecule has 1 fully saturated rings. The van der Waals surface area contributed by atoms with Crippen molar-refractivity contribution in [3.63, 3.8) is 0 Å². The van der Waals surface area contributed by atoms with Crippen LogP contribution in [-0.2, 0) is 20.9 Å². The minimum absolute atomic E-state index is 0.0824. The molecular weight excluding hydrogens is 308 g/mol. The summed E-state index contributed by atoms with van der Waals surface area (Å²) in [7, 11) is 3.33. The van der Waals surface area contributed by atoms with Gasteiger partial charge in [0, 0.05) is 33.0 Å². The maximum Gasteiger partial charge on any atom is 0.223 e. The van der Waals surface area contributed by atoms with Crippen LogP contribution in [0.1, 0.15) is 31.2 Å². The minimum atomic E-state index is -0.315. The van der Waals surface area contributed by atoms with E-state index in [0.717, 1.165) is 30.4 Å². The van der Waals surface area contributed by atoms with E-state index in [2.05, 4.69) is 0 Å². The summed E-state index contributed by atoms with van der Waals surface area (Å²) in [4.78, 5) is 38.5. The maximum atomic E-state index is 12.2. The second-order valence-electron chi connectivity index (χ2n) is 6.03. The fraction of sp³-hybridized carbons (Fsp3) is 0.500. The molecule has 0 saturated carbocycles. The van der Waals surface area contributed by atoms with Gasteiger partial charge in [0.05, 0.1) is 13.2 Å². The number of nitrogens with zero attached hydrogens (tertiary/aromatic N) is 2. The highest BCUT2D eigenvalue weighted by Crippen LogP contribution is 2.17. The van der Waals surface area contributed by atoms with Crippen LogP contribution in [0.25, 0.3) is 0 Å². The Bertz CT molecular complexity index is 585. The second-order valence-corrected chi connectivity index (χ2v) is 6.03. The van der Waals surface area contributed by atoms with Gasteiger partial charge in [-0.05, 0) is 30.5 Å². The zero-order valence-electron chi connectivity index (χ0n) is 14.2. The molecule has 1 aliphatic rings. The first-order chi connectivity index (χ1) is 11.5. The number of aldehydes is 1. The molecule has 1 aliphatic heterocycles. The van der Waals surface area contributed by atoms with Crippen molar-refractivity contribution < 1.29 is 19.1 Å². The van der Waals surface area contributed by atoms with Crippen molar-refractivity contribution in [2.75, 3.05) is 20.7 Å². The number of amides is 2. The molecule has 1 saturated heterocycles. The summed E-state index contributed by atoms with van der Waals surface area (Å²) in [6, 6.07) is 7.21. The molecule has 0 radical (unpaired) electrons. The second kappa shape index (κ2) is 8.47. The Kier molecular flexibility index (Phi) is 6.35. The lowest BCUT2D eigenvalue weighted by molar-refractivity contribution is -0.138. The number of hydrogen-bond acceptors (Lipinski definition) is 4. The van der Waals surface area contributed by atoms with Crippen molar-refractivity contribution in [1.29, 1.82) is 0 Å². The van der Waals surface area contributed by atoms with Crippen LogP contribution >= 0.6 is 0 Å². The first kappa shape index (κ1) is 18.0. The van der Waals surface area contributed by atoms with Crippen LogP contribution in [0.5, 0.6) is 5.75 Å². The zero-order chi connectivity index (χ0) is 17.5. The number of carbonyl (C=O) groups excluding carboxylic acids is 3. The Balaban J connectivity index is 1.80. The number of benzene rings is 1. The van der Waals surface area contributed by atoms with E-state index in [1.807, 2.05) is 24.3 Å². The average Bonchev–Trinajstić information content (AvgIpc) is 3.08. The first-order valence-electron chi connectivity index (χ1n) is 8.17. The van der Waals surface area contributed by atoms with E-state index in [1.54, 1.807) is 24.0 Å². The zero-order valence-corrected chi connectivity index (χ0v) is 14.2. The molecule has 6 heteroatoms. The average molecular weight is 332 g/mol. The molecule has 0 aromatic heterocycles. The quantitative estimate of drug-likeness (QED) is 0.712. The molecule has 1 heterocycles. The summed E-state index contributed by atoms with van der Waals surface area (Å²) in [5.41, 5.74) is 0.999. The number of likely N-dealkylation sites (tertiary alicyclic amines) is 1. The fourth-order valence-corrected chi connectivity index (χ4v) is 2.88. The number of hydrogen-bond donors (Lipinski definition) is 0. The fourth-order valence-electron chi connectivity index (χ4n) is 2.88. The van der Waals surface area contributed by atoms with Crippen molar-refractivity contribution in [3.8, 4) is 5.75 Å². The number of ether oxygens (including phenoxy) is 1. The van der Waals surface area contributed by atoms with Gasteiger partial charge in [0.25, 0.3) is 0 Å². The van der Waals surface area contributed by atoms with E-state index >= 15 is 0 Å². The van der Waals surface area contributed by atoms with Gasteiger partial charge < -0.3 is 19.3 Å². The van der Waals surface area contributed by atoms with Crippen molar-refractivity contribution in [1.82, 2.24) is 9.80 Å². The number of carbonyl (C=O) groups is 3. The first-order valence-corrected chi connectivity index (χ1v) is 8.17. The molecular formula is C18H24N2O4. The normalized spacial score (nSPS) is 16.8. The summed E-state index contributed by atoms with van der Waals surface area (Å²) in [5.74, 6) is 0.575. The molecule has 24 heavy (non-hydrogen) atoms. The van der Waals surface area contributed by atoms with Crippen molar-refractivity contribution in [2.24, 2.45) is 0 Å². The Morgan fingerprint density at radius 3 is 2.62 bits per heavy atom. The Hall–Kier alpha value is -2.37. The van der Waals surface area contributed by atoms with Crippen molar-refractivity contribution in [3.05, 3.63) is 29.8 Å². The third kappa shape index (κ3) is 4.57. The van der Waals surface area contributed by atoms with Crippen LogP contribution in [0, 0.1) is 0 Å². The highest BCUT2D eigenvalue weighted by atomic mass is 16.5. The Labute approximate surface area is 142 Å². The molecule has 0 unspecified atom stereocenters. The third-order valence-electron chi connectivity index (χ3n) is 4.33. The molecule has 6 nitrogen and oxygen atoms in total. The number of methoxy groups -OCH3 is 1. The predicted molar refractivity (Wildman–Crippen MR) is 89.5 cm³/mol. The van der Waals surface area contributed by atoms with E-state index in [0.29, 0.717) is 13.1 Å². The standard InChI is InChI=1S/C18H24N2O4/c1-19(12-14-5-7-16(24-2)8-6-14)17(22)9-10-18(23)20-11-3-4-15(20)13-21/h5-8,13,15H,3-4,9-12H2,1-2H3/t15-/m0/s1. The van der Waals surface area contributed by atoms with Gasteiger partial charge in [-0.2, -0.15) is 0 Å². The van der Waals surface area contributed by atoms with Crippen LogP contribution in [0.4, 0.5) is 0 Å². The number of rotatable bonds is 7. The van der Waals surface area contributed by atoms with Gasteiger partial charge in [-0.1, -0.05) is 12.1 Å². The largest absolute Gasteiger partial charge is 0.497 e. The van der Waals surface area contributed by atoms with Gasteiger partial charge >= 0.3 is 0 Å². The van der Waals surface area contributed by atoms with Crippen LogP contribution in [-0.4, -0.2) is 54.6 Å². The molecule has 0 aliphatic carbocycles. The van der Waals surface area contributed by atoms with Gasteiger partial charge in [0.2, 0.25) is 11.8 Å². The Morgan fingerprint density at radius 2 is 2.00 bits per heavy atom. The van der Waals surface area contributed by atoms with Gasteiger partial charge in [0.15, 0.2) is 0 Å². The molecule has 2 rings (SSSR count). The summed E-state index contributed by atoms with van der Waals surface area (Å²) in [6.45, 7) is 1.09. The van der Waals surface area contributed by atoms with Gasteiger partial charge in [-0.25, -0.2) is 0 Å². The van der Waals surface area contributed by atoms with Crippen LogP contribution in [0.15, 0.2) is 24.3 Å². The summed E-state index contributed by atoms with van der Waals surface area (Å²) in [5, 5.41) is 0. The van der Waals surface area contributed by atoms with E-state index in [-0.39, 0.29) is 30.7 Å². The predicted octanol–water partition coefficient (Wildman–Crippen LogP) is 1.62. The molecule has 0 N–H and O–H groups in total. The molecule has 1 aromatic carbocycles. The lowest BCUT2D eigenvalue weighted by Crippen LogP contribution is -2.37. The van der Waals surface area contributed by atoms with Crippen LogP contribution < -0.4 is 4.74 Å². The van der Waals surface area contributed by atoms with Gasteiger partial charge in [-0.3, -0.25) is 9.59 Å². The van der Waals surface area contributed by atoms with Gasteiger partial charge in [0.1, 0.15) is 12.0 Å². The monoisotopic (exact) mass is 332 g/mol. The SMILES string of the molecule is COc1ccc(CN(C)C(=O)CCC(=O)N2CCC[C@H]2C=O)cc1. The molecule has 1 atom stereocenters. The molecule has 1 aromatic rings. The van der Waals surface area contributed by atoms with E-state index < -0.39 is 0 Å². The van der Waals surface area contributed by atoms with Crippen molar-refractivity contribution >= 4 is 18.1 Å². The lowest BCUT2D eigenvalue weighted by atomic mass is 10.2. The maximum absolute atomic E-state index is 12.2. The van der Waals surface area contributed by atoms with Crippen LogP contribution in [0.2, 0.25) is 0 Å².